The number of amides is 1. The monoisotopic (exact) mass is 2090 g/mol. The molecule has 4 aromatic heterocycles. The lowest BCUT2D eigenvalue weighted by Gasteiger charge is -2.22. The van der Waals surface area contributed by atoms with Crippen LogP contribution in [0.4, 0.5) is 5.69 Å². The van der Waals surface area contributed by atoms with Crippen LogP contribution in [-0.4, -0.2) is 123 Å². The summed E-state index contributed by atoms with van der Waals surface area (Å²) in [5.41, 5.74) is 8.41. The van der Waals surface area contributed by atoms with Crippen LogP contribution in [0, 0.1) is 40.4 Å². The van der Waals surface area contributed by atoms with E-state index in [-0.39, 0.29) is 74.6 Å². The van der Waals surface area contributed by atoms with Crippen molar-refractivity contribution < 1.29 is 83.5 Å². The third-order valence-corrected chi connectivity index (χ3v) is 23.1. The lowest BCUT2D eigenvalue weighted by molar-refractivity contribution is -0.383. The first-order chi connectivity index (χ1) is 65.3. The number of nitrogens with zero attached hydrogens (tertiary/aromatic N) is 4. The molecule has 25 nitrogen and oxygen atoms in total. The van der Waals surface area contributed by atoms with Crippen LogP contribution in [0.1, 0.15) is 122 Å². The van der Waals surface area contributed by atoms with Gasteiger partial charge in [0.2, 0.25) is 5.91 Å². The molecule has 137 heavy (non-hydrogen) atoms. The molecule has 0 saturated carbocycles. The number of unbranched alkanes of at least 4 members (excludes halogenated alkanes) is 2. The Hall–Kier alpha value is -13.1. The maximum Gasteiger partial charge on any atom is 0.336 e. The second-order valence-electron chi connectivity index (χ2n) is 30.7. The molecular weight excluding hydrogens is 1990 g/mol. The van der Waals surface area contributed by atoms with E-state index in [0.29, 0.717) is 111 Å². The van der Waals surface area contributed by atoms with Crippen molar-refractivity contribution in [3.63, 3.8) is 0 Å². The van der Waals surface area contributed by atoms with Crippen molar-refractivity contribution in [2.45, 2.75) is 113 Å². The number of rotatable bonds is 22. The molecule has 0 aliphatic heterocycles. The van der Waals surface area contributed by atoms with E-state index in [1.807, 2.05) is 99.8 Å². The Morgan fingerprint density at radius 2 is 1.12 bits per heavy atom. The number of ketones is 1. The normalized spacial score (nSPS) is 10.7. The number of carbonyl (C=O) groups excluding carboxylic acids is 2. The molecule has 4 heterocycles. The lowest BCUT2D eigenvalue weighted by atomic mass is 9.99. The predicted molar refractivity (Wildman–Crippen MR) is 558 cm³/mol. The third-order valence-electron chi connectivity index (χ3n) is 20.2. The number of ether oxygens (including phenoxy) is 3. The average Bonchev–Trinajstić information content (AvgIpc) is 1.62. The number of halogens is 6. The van der Waals surface area contributed by atoms with Gasteiger partial charge in [0.1, 0.15) is 67.4 Å². The molecular formula is C105H108Cl5IN6O19S. The number of aromatic nitrogens is 2. The van der Waals surface area contributed by atoms with Crippen molar-refractivity contribution in [2.24, 2.45) is 5.92 Å². The van der Waals surface area contributed by atoms with Crippen molar-refractivity contribution in [1.29, 1.82) is 0 Å². The number of para-hydroxylation sites is 1. The summed E-state index contributed by atoms with van der Waals surface area (Å²) >= 11 is 36.6. The number of likely N-dealkylation sites (N-methyl/N-ethyl adjacent to an activating group) is 1. The first kappa shape index (κ1) is 111. The second kappa shape index (κ2) is 55.8. The number of allylic oxidation sites excluding steroid dienone is 2. The zero-order valence-electron chi connectivity index (χ0n) is 77.3. The highest BCUT2D eigenvalue weighted by Crippen LogP contribution is 2.39. The van der Waals surface area contributed by atoms with E-state index in [4.69, 9.17) is 109 Å². The molecule has 32 heteroatoms. The number of aryl methyl sites for hydroxylation is 4. The van der Waals surface area contributed by atoms with Crippen molar-refractivity contribution in [1.82, 2.24) is 25.5 Å². The number of pyridine rings is 2. The fraction of sp³-hybridized carbons (Fsp3) is 0.219. The number of thiocarbonyl (C=S) groups is 1. The Kier molecular flexibility index (Phi) is 45.2. The van der Waals surface area contributed by atoms with Crippen LogP contribution < -0.4 is 30.5 Å². The zero-order chi connectivity index (χ0) is 101. The molecule has 0 saturated heterocycles. The van der Waals surface area contributed by atoms with Gasteiger partial charge < -0.3 is 84.5 Å². The highest BCUT2D eigenvalue weighted by molar-refractivity contribution is 14.1. The standard InChI is InChI=1S/C18H27NO3.C17H14O3.C12H7Cl3O2.C12H17NO2S.C10H15NO.C10H8O3.C9H5ClINO.C9H6N2O3.C8H9ClO/c1-14(2)8-6-4-5-7-9-18(21)19-13-15-10-11-16(20)17(12-15)22-3;1-2-14-16(13-5-3-4-6-15(13)20-14)17(19)11-7-9-12(18)10-8-11;13-7-1-3-11(9(15)5-7)17-12-4-2-8(14)6-10(12)16;1-4-13(5-2)12(16)9-6-7-10(14)11(8-9)15-3;1-8(11-2)7-9-3-5-10(12)6-4-9;1-6-4-10(12)13-9-5-7(11)2-3-8(6)9;10-6-4-7(11)9(13)8-5(6)2-1-3-12-8;12-8-4-3-7(11(13)14)6-2-1-5-10-9(6)8;1-5-3-7(10)4-6(2)8(5)9/h6,8,10-12,14,20H,4-5,7,9,13H2,1-3H3,(H,19,21);3-10,18H,2H2,1H3;1-6,16H;6-8,14H,4-5H2,1-3H3;3-6,8,11-12H,7H2,1-2H3;2-5,11H,1H3;1-4,13H;1-5,12H;3-4,10H,1-2H3/b8-6+;;;;;;;;. The predicted octanol–water partition coefficient (Wildman–Crippen LogP) is 26.3. The summed E-state index contributed by atoms with van der Waals surface area (Å²) in [6.45, 7) is 20.3. The number of benzene rings is 11. The number of aromatic hydroxyl groups is 9. The number of fused-ring (bicyclic) bond motifs is 4. The first-order valence-electron chi connectivity index (χ1n) is 43.0. The molecule has 0 spiro atoms. The Balaban J connectivity index is 0.000000212. The van der Waals surface area contributed by atoms with Crippen molar-refractivity contribution >= 4 is 159 Å². The Labute approximate surface area is 838 Å². The lowest BCUT2D eigenvalue weighted by Crippen LogP contribution is -2.29. The van der Waals surface area contributed by atoms with Gasteiger partial charge in [-0.05, 0) is 294 Å². The van der Waals surface area contributed by atoms with Crippen LogP contribution in [0.3, 0.4) is 0 Å². The van der Waals surface area contributed by atoms with E-state index in [0.717, 1.165) is 98.3 Å². The second-order valence-corrected chi connectivity index (χ2v) is 34.3. The molecule has 720 valence electrons. The topological polar surface area (TPSA) is 383 Å². The molecule has 1 amide bonds. The van der Waals surface area contributed by atoms with Gasteiger partial charge in [0, 0.05) is 118 Å². The molecule has 11 aromatic carbocycles. The summed E-state index contributed by atoms with van der Waals surface area (Å²) in [7, 11) is 4.98. The maximum absolute atomic E-state index is 12.7. The van der Waals surface area contributed by atoms with Crippen LogP contribution in [-0.2, 0) is 24.2 Å². The van der Waals surface area contributed by atoms with E-state index >= 15 is 0 Å². The minimum atomic E-state index is -0.497. The highest BCUT2D eigenvalue weighted by atomic mass is 127. The Bertz CT molecular complexity index is 6590. The molecule has 1 atom stereocenters. The van der Waals surface area contributed by atoms with Crippen LogP contribution in [0.25, 0.3) is 43.7 Å². The number of nitro benzene ring substituents is 1. The van der Waals surface area contributed by atoms with Crippen LogP contribution >= 0.6 is 92.8 Å². The van der Waals surface area contributed by atoms with Gasteiger partial charge in [0.05, 0.1) is 43.7 Å². The highest BCUT2D eigenvalue weighted by Gasteiger charge is 2.22. The Morgan fingerprint density at radius 3 is 1.73 bits per heavy atom. The first-order valence-corrected chi connectivity index (χ1v) is 46.4. The minimum Gasteiger partial charge on any atom is -0.508 e. The van der Waals surface area contributed by atoms with Crippen LogP contribution in [0.2, 0.25) is 25.1 Å². The van der Waals surface area contributed by atoms with E-state index in [2.05, 4.69) is 72.3 Å². The summed E-state index contributed by atoms with van der Waals surface area (Å²) in [4.78, 5) is 56.3. The molecule has 1 unspecified atom stereocenters. The van der Waals surface area contributed by atoms with Gasteiger partial charge in [-0.1, -0.05) is 140 Å². The number of carbonyl (C=O) groups is 2. The number of furan rings is 1. The molecule has 0 aliphatic rings. The summed E-state index contributed by atoms with van der Waals surface area (Å²) in [6.07, 6.45) is 12.6. The van der Waals surface area contributed by atoms with E-state index in [1.165, 1.54) is 68.4 Å². The fourth-order valence-electron chi connectivity index (χ4n) is 12.9. The van der Waals surface area contributed by atoms with Gasteiger partial charge in [-0.3, -0.25) is 29.7 Å². The van der Waals surface area contributed by atoms with E-state index in [1.54, 1.807) is 146 Å². The third kappa shape index (κ3) is 34.6. The number of nitrogens with one attached hydrogen (secondary N) is 2. The van der Waals surface area contributed by atoms with E-state index in [9.17, 15) is 55.1 Å². The van der Waals surface area contributed by atoms with Gasteiger partial charge in [-0.2, -0.15) is 0 Å². The van der Waals surface area contributed by atoms with Crippen molar-refractivity contribution in [2.75, 3.05) is 34.4 Å². The molecule has 0 aliphatic carbocycles. The quantitative estimate of drug-likeness (QED) is 0.00439. The van der Waals surface area contributed by atoms with Crippen molar-refractivity contribution in [3.8, 4) is 74.7 Å². The smallest absolute Gasteiger partial charge is 0.336 e. The zero-order valence-corrected chi connectivity index (χ0v) is 84.0. The molecule has 15 rings (SSSR count). The molecule has 15 aromatic rings. The SMILES string of the molecule is CCN(CC)C(=S)c1ccc(O)c(OC)c1.CCc1oc2ccccc2c1C(=O)c1ccc(O)cc1.CNC(C)Cc1ccc(O)cc1.COc1cc(CNC(=O)CCCC/C=C/C(C)C)ccc1O.Cc1cc(=O)oc2cc(O)ccc12.Cc1cc(O)cc(C)c1Cl.O=[N+]([O-])c1ccc(O)c2ncccc12.Oc1c(I)cc(Cl)c2cccnc12.Oc1cc(Cl)ccc1Oc1ccc(Cl)cc1Cl. The fourth-order valence-corrected chi connectivity index (χ4v) is 15.0. The number of non-ortho nitro benzene ring substituents is 1. The largest absolute Gasteiger partial charge is 0.508 e. The maximum atomic E-state index is 12.7. The molecule has 0 radical (unpaired) electrons. The van der Waals surface area contributed by atoms with E-state index < -0.39 is 10.5 Å². The number of hydrogen-bond donors (Lipinski definition) is 11. The van der Waals surface area contributed by atoms with Crippen molar-refractivity contribution in [3.05, 3.63) is 348 Å². The minimum absolute atomic E-state index is 0.0498. The number of phenolic OH excluding ortho intramolecular Hbond substituents is 9. The van der Waals surface area contributed by atoms with Crippen LogP contribution in [0.15, 0.2) is 263 Å². The summed E-state index contributed by atoms with van der Waals surface area (Å²) in [6, 6.07) is 61.7. The number of methoxy groups -OCH3 is 2. The number of phenols is 9. The molecule has 0 fully saturated rings. The van der Waals surface area contributed by atoms with Gasteiger partial charge in [-0.25, -0.2) is 4.79 Å². The summed E-state index contributed by atoms with van der Waals surface area (Å²) in [5, 5.41) is 106. The molecule has 11 N–H and O–H groups in total. The number of hydrogen-bond acceptors (Lipinski definition) is 23. The Morgan fingerprint density at radius 1 is 0.555 bits per heavy atom. The van der Waals surface area contributed by atoms with Gasteiger partial charge in [0.25, 0.3) is 5.69 Å². The summed E-state index contributed by atoms with van der Waals surface area (Å²) in [5.74, 6) is 4.01. The van der Waals surface area contributed by atoms with Gasteiger partial charge >= 0.3 is 5.63 Å². The van der Waals surface area contributed by atoms with Gasteiger partial charge in [-0.15, -0.1) is 0 Å². The number of nitro groups is 1. The van der Waals surface area contributed by atoms with Crippen LogP contribution in [0.5, 0.6) is 74.7 Å². The molecule has 0 bridgehead atoms. The average molecular weight is 2090 g/mol. The van der Waals surface area contributed by atoms with Gasteiger partial charge in [0.15, 0.2) is 46.0 Å². The summed E-state index contributed by atoms with van der Waals surface area (Å²) < 4.78 is 26.9.